The second-order valence-corrected chi connectivity index (χ2v) is 8.06. The maximum atomic E-state index is 12.3. The number of nitrogens with two attached hydrogens (primary N) is 1. The highest BCUT2D eigenvalue weighted by Gasteiger charge is 2.28. The van der Waals surface area contributed by atoms with E-state index >= 15 is 0 Å². The van der Waals surface area contributed by atoms with Crippen LogP contribution in [0.1, 0.15) is 86.1 Å². The average molecular weight is 359 g/mol. The molecule has 1 aliphatic carbocycles. The third-order valence-corrected chi connectivity index (χ3v) is 6.22. The van der Waals surface area contributed by atoms with Crippen LogP contribution in [0, 0.1) is 6.92 Å². The van der Waals surface area contributed by atoms with Crippen molar-refractivity contribution < 1.29 is 4.79 Å². The van der Waals surface area contributed by atoms with Crippen LogP contribution in [0.3, 0.4) is 0 Å². The topological polar surface area (TPSA) is 48.0 Å². The predicted molar refractivity (Wildman–Crippen MR) is 106 cm³/mol. The zero-order valence-corrected chi connectivity index (χ0v) is 16.3. The largest absolute Gasteiger partial charge is 0.366 e. The van der Waals surface area contributed by atoms with Gasteiger partial charge in [0.25, 0.3) is 5.91 Å². The quantitative estimate of drug-likeness (QED) is 0.714. The summed E-state index contributed by atoms with van der Waals surface area (Å²) in [6.07, 6.45) is 11.1. The third-order valence-electron chi connectivity index (χ3n) is 5.54. The summed E-state index contributed by atoms with van der Waals surface area (Å²) in [5, 5.41) is 4.22. The lowest BCUT2D eigenvalue weighted by Gasteiger charge is -2.26. The van der Waals surface area contributed by atoms with Crippen molar-refractivity contribution in [1.82, 2.24) is 4.57 Å². The summed E-state index contributed by atoms with van der Waals surface area (Å²) in [6, 6.07) is 2.63. The fraction of sp³-hybridized carbons (Fsp3) is 0.571. The summed E-state index contributed by atoms with van der Waals surface area (Å²) >= 11 is 1.68. The first-order valence-corrected chi connectivity index (χ1v) is 10.7. The second kappa shape index (κ2) is 8.22. The number of carbonyl (C=O) groups excluding carboxylic acids is 1. The molecule has 1 aliphatic rings. The smallest absolute Gasteiger partial charge is 0.251 e. The molecule has 0 unspecified atom stereocenters. The summed E-state index contributed by atoms with van der Waals surface area (Å²) < 4.78 is 2.49. The Bertz CT molecular complexity index is 707. The van der Waals surface area contributed by atoms with Crippen molar-refractivity contribution in [1.29, 1.82) is 0 Å². The number of rotatable bonds is 5. The number of carbonyl (C=O) groups is 1. The molecule has 3 nitrogen and oxygen atoms in total. The van der Waals surface area contributed by atoms with E-state index < -0.39 is 0 Å². The maximum Gasteiger partial charge on any atom is 0.251 e. The molecule has 136 valence electrons. The van der Waals surface area contributed by atoms with Crippen molar-refractivity contribution in [2.24, 2.45) is 5.73 Å². The van der Waals surface area contributed by atoms with E-state index in [0.717, 1.165) is 35.2 Å². The van der Waals surface area contributed by atoms with Crippen molar-refractivity contribution in [3.05, 3.63) is 33.8 Å². The fourth-order valence-corrected chi connectivity index (χ4v) is 5.10. The highest BCUT2D eigenvalue weighted by molar-refractivity contribution is 7.08. The molecule has 0 aliphatic heterocycles. The minimum atomic E-state index is -0.291. The van der Waals surface area contributed by atoms with E-state index in [1.54, 1.807) is 11.3 Å². The van der Waals surface area contributed by atoms with E-state index in [4.69, 9.17) is 5.73 Å². The number of aromatic nitrogens is 1. The van der Waals surface area contributed by atoms with Crippen LogP contribution in [0.5, 0.6) is 0 Å². The van der Waals surface area contributed by atoms with Crippen LogP contribution in [0.4, 0.5) is 0 Å². The Labute approximate surface area is 155 Å². The molecule has 1 fully saturated rings. The third kappa shape index (κ3) is 3.69. The number of primary amides is 1. The number of nitrogens with zero attached hydrogens (tertiary/aromatic N) is 1. The van der Waals surface area contributed by atoms with Gasteiger partial charge < -0.3 is 10.3 Å². The number of thiophene rings is 1. The molecule has 2 aromatic heterocycles. The summed E-state index contributed by atoms with van der Waals surface area (Å²) in [7, 11) is 0. The first-order chi connectivity index (χ1) is 12.1. The zero-order chi connectivity index (χ0) is 17.8. The molecule has 0 atom stereocenters. The van der Waals surface area contributed by atoms with E-state index in [1.165, 1.54) is 50.6 Å². The van der Waals surface area contributed by atoms with Gasteiger partial charge in [0.15, 0.2) is 0 Å². The van der Waals surface area contributed by atoms with Gasteiger partial charge in [-0.1, -0.05) is 45.4 Å². The van der Waals surface area contributed by atoms with Crippen LogP contribution < -0.4 is 5.73 Å². The molecule has 2 N–H and O–H groups in total. The number of hydrogen-bond donors (Lipinski definition) is 1. The van der Waals surface area contributed by atoms with E-state index in [0.29, 0.717) is 6.04 Å². The van der Waals surface area contributed by atoms with Gasteiger partial charge in [0, 0.05) is 23.0 Å². The lowest BCUT2D eigenvalue weighted by atomic mass is 9.96. The van der Waals surface area contributed by atoms with Gasteiger partial charge in [-0.3, -0.25) is 4.79 Å². The summed E-state index contributed by atoms with van der Waals surface area (Å²) in [6.45, 7) is 4.31. The van der Waals surface area contributed by atoms with Gasteiger partial charge in [-0.2, -0.15) is 11.3 Å². The monoisotopic (exact) mass is 358 g/mol. The van der Waals surface area contributed by atoms with Gasteiger partial charge in [0.05, 0.1) is 5.56 Å². The average Bonchev–Trinajstić information content (AvgIpc) is 3.15. The molecule has 1 amide bonds. The van der Waals surface area contributed by atoms with Gasteiger partial charge in [0.1, 0.15) is 0 Å². The van der Waals surface area contributed by atoms with Gasteiger partial charge >= 0.3 is 0 Å². The van der Waals surface area contributed by atoms with Crippen molar-refractivity contribution in [3.63, 3.8) is 0 Å². The van der Waals surface area contributed by atoms with E-state index in [2.05, 4.69) is 35.2 Å². The molecule has 25 heavy (non-hydrogen) atoms. The lowest BCUT2D eigenvalue weighted by Crippen LogP contribution is -2.17. The van der Waals surface area contributed by atoms with Gasteiger partial charge in [-0.05, 0) is 48.6 Å². The molecule has 0 spiro atoms. The molecular formula is C21H30N2OS. The van der Waals surface area contributed by atoms with Gasteiger partial charge in [-0.15, -0.1) is 0 Å². The Morgan fingerprint density at radius 3 is 2.48 bits per heavy atom. The van der Waals surface area contributed by atoms with E-state index in [-0.39, 0.29) is 5.91 Å². The molecule has 0 aromatic carbocycles. The Kier molecular flexibility index (Phi) is 6.00. The Morgan fingerprint density at radius 1 is 1.24 bits per heavy atom. The molecule has 1 saturated carbocycles. The molecule has 0 saturated heterocycles. The van der Waals surface area contributed by atoms with Crippen molar-refractivity contribution in [2.75, 3.05) is 0 Å². The first-order valence-electron chi connectivity index (χ1n) is 9.71. The summed E-state index contributed by atoms with van der Waals surface area (Å²) in [5.74, 6) is -0.291. The highest BCUT2D eigenvalue weighted by atomic mass is 32.1. The van der Waals surface area contributed by atoms with Gasteiger partial charge in [0.2, 0.25) is 0 Å². The van der Waals surface area contributed by atoms with Crippen molar-refractivity contribution in [2.45, 2.75) is 77.7 Å². The van der Waals surface area contributed by atoms with Crippen LogP contribution in [0.15, 0.2) is 16.8 Å². The normalized spacial score (nSPS) is 16.6. The molecule has 2 aromatic rings. The highest BCUT2D eigenvalue weighted by Crippen LogP contribution is 2.39. The minimum Gasteiger partial charge on any atom is -0.366 e. The van der Waals surface area contributed by atoms with E-state index in [9.17, 15) is 4.79 Å². The fourth-order valence-electron chi connectivity index (χ4n) is 4.46. The summed E-state index contributed by atoms with van der Waals surface area (Å²) in [4.78, 5) is 12.3. The minimum absolute atomic E-state index is 0.291. The first kappa shape index (κ1) is 18.2. The standard InChI is InChI=1S/C21H30N2OS/c1-3-9-18-20(16-12-13-25-14-16)19(21(22)24)15(2)23(18)17-10-7-5-4-6-8-11-17/h12-14,17H,3-11H2,1-2H3,(H2,22,24). The van der Waals surface area contributed by atoms with Crippen molar-refractivity contribution >= 4 is 17.2 Å². The second-order valence-electron chi connectivity index (χ2n) is 7.28. The van der Waals surface area contributed by atoms with Crippen LogP contribution in [-0.4, -0.2) is 10.5 Å². The molecule has 0 radical (unpaired) electrons. The zero-order valence-electron chi connectivity index (χ0n) is 15.5. The Hall–Kier alpha value is -1.55. The van der Waals surface area contributed by atoms with Crippen molar-refractivity contribution in [3.8, 4) is 11.1 Å². The molecular weight excluding hydrogens is 328 g/mol. The molecule has 0 bridgehead atoms. The molecule has 2 heterocycles. The number of hydrogen-bond acceptors (Lipinski definition) is 2. The van der Waals surface area contributed by atoms with Crippen LogP contribution >= 0.6 is 11.3 Å². The van der Waals surface area contributed by atoms with E-state index in [1.807, 2.05) is 0 Å². The van der Waals surface area contributed by atoms with Crippen LogP contribution in [0.2, 0.25) is 0 Å². The molecule has 3 rings (SSSR count). The Morgan fingerprint density at radius 2 is 1.92 bits per heavy atom. The SMILES string of the molecule is CCCc1c(-c2ccsc2)c(C(N)=O)c(C)n1C1CCCCCCC1. The molecule has 4 heteroatoms. The number of amides is 1. The lowest BCUT2D eigenvalue weighted by molar-refractivity contribution is 0.1000. The summed E-state index contributed by atoms with van der Waals surface area (Å²) in [5.41, 5.74) is 11.2. The Balaban J connectivity index is 2.16. The predicted octanol–water partition coefficient (Wildman–Crippen LogP) is 5.86. The van der Waals surface area contributed by atoms with Gasteiger partial charge in [-0.25, -0.2) is 0 Å². The maximum absolute atomic E-state index is 12.3. The van der Waals surface area contributed by atoms with Crippen LogP contribution in [0.25, 0.3) is 11.1 Å². The van der Waals surface area contributed by atoms with Crippen LogP contribution in [-0.2, 0) is 6.42 Å².